The summed E-state index contributed by atoms with van der Waals surface area (Å²) in [6, 6.07) is 7.86. The number of hydrogen-bond acceptors (Lipinski definition) is 4. The molecule has 2 heterocycles. The summed E-state index contributed by atoms with van der Waals surface area (Å²) < 4.78 is 44.3. The molecular formula is C22H17F3N2O3. The molecule has 3 aliphatic carbocycles. The van der Waals surface area contributed by atoms with Gasteiger partial charge >= 0.3 is 6.18 Å². The number of rotatable bonds is 3. The number of furan rings is 1. The lowest BCUT2D eigenvalue weighted by atomic mass is 9.63. The number of carbonyl (C=O) groups is 2. The maximum Gasteiger partial charge on any atom is 0.416 e. The van der Waals surface area contributed by atoms with E-state index in [1.54, 1.807) is 0 Å². The molecule has 30 heavy (non-hydrogen) atoms. The maximum atomic E-state index is 12.9. The van der Waals surface area contributed by atoms with Crippen LogP contribution in [0.15, 0.2) is 58.1 Å². The number of carbonyl (C=O) groups excluding carboxylic acids is 2. The number of alkyl halides is 3. The number of amides is 2. The van der Waals surface area contributed by atoms with Gasteiger partial charge < -0.3 is 4.42 Å². The molecule has 2 bridgehead atoms. The van der Waals surface area contributed by atoms with Crippen LogP contribution in [0, 0.1) is 23.7 Å². The van der Waals surface area contributed by atoms with Crippen molar-refractivity contribution in [2.45, 2.75) is 19.0 Å². The highest BCUT2D eigenvalue weighted by atomic mass is 19.4. The molecule has 8 heteroatoms. The van der Waals surface area contributed by atoms with Crippen molar-refractivity contribution in [3.63, 3.8) is 0 Å². The predicted octanol–water partition coefficient (Wildman–Crippen LogP) is 4.50. The Balaban J connectivity index is 1.36. The van der Waals surface area contributed by atoms with Crippen molar-refractivity contribution < 1.29 is 27.2 Å². The fourth-order valence-corrected chi connectivity index (χ4v) is 4.71. The van der Waals surface area contributed by atoms with Crippen LogP contribution in [0.4, 0.5) is 13.2 Å². The Morgan fingerprint density at radius 3 is 2.27 bits per heavy atom. The van der Waals surface area contributed by atoms with Crippen LogP contribution in [0.3, 0.4) is 0 Å². The highest BCUT2D eigenvalue weighted by Gasteiger charge is 2.56. The summed E-state index contributed by atoms with van der Waals surface area (Å²) in [7, 11) is 0. The summed E-state index contributed by atoms with van der Waals surface area (Å²) in [6.45, 7) is 0. The van der Waals surface area contributed by atoms with Crippen LogP contribution in [0.2, 0.25) is 0 Å². The Morgan fingerprint density at radius 1 is 1.00 bits per heavy atom. The largest absolute Gasteiger partial charge is 0.455 e. The second-order valence-electron chi connectivity index (χ2n) is 7.85. The zero-order valence-electron chi connectivity index (χ0n) is 15.7. The quantitative estimate of drug-likeness (QED) is 0.422. The predicted molar refractivity (Wildman–Crippen MR) is 101 cm³/mol. The second-order valence-corrected chi connectivity index (χ2v) is 7.85. The average Bonchev–Trinajstić information content (AvgIpc) is 3.31. The number of allylic oxidation sites excluding steroid dienone is 2. The summed E-state index contributed by atoms with van der Waals surface area (Å²) >= 11 is 0. The zero-order valence-corrected chi connectivity index (χ0v) is 15.7. The molecule has 154 valence electrons. The molecule has 2 aromatic rings. The van der Waals surface area contributed by atoms with Gasteiger partial charge in [-0.05, 0) is 48.9 Å². The number of hydrogen-bond donors (Lipinski definition) is 0. The molecule has 2 amide bonds. The number of halogens is 3. The molecule has 6 rings (SSSR count). The Hall–Kier alpha value is -3.16. The van der Waals surface area contributed by atoms with E-state index in [9.17, 15) is 22.8 Å². The third kappa shape index (κ3) is 2.98. The van der Waals surface area contributed by atoms with Gasteiger partial charge in [-0.3, -0.25) is 9.59 Å². The van der Waals surface area contributed by atoms with Gasteiger partial charge in [-0.2, -0.15) is 23.3 Å². The van der Waals surface area contributed by atoms with E-state index in [4.69, 9.17) is 4.42 Å². The van der Waals surface area contributed by atoms with Gasteiger partial charge in [0.15, 0.2) is 0 Å². The Bertz CT molecular complexity index is 1050. The molecule has 1 aromatic carbocycles. The van der Waals surface area contributed by atoms with E-state index in [-0.39, 0.29) is 52.6 Å². The Labute approximate surface area is 169 Å². The van der Waals surface area contributed by atoms with Crippen molar-refractivity contribution in [3.05, 3.63) is 59.9 Å². The normalized spacial score (nSPS) is 28.0. The van der Waals surface area contributed by atoms with Crippen LogP contribution in [0.5, 0.6) is 0 Å². The zero-order chi connectivity index (χ0) is 21.0. The van der Waals surface area contributed by atoms with E-state index in [0.29, 0.717) is 0 Å². The molecule has 4 aliphatic rings. The Kier molecular flexibility index (Phi) is 4.20. The molecule has 0 radical (unpaired) electrons. The van der Waals surface area contributed by atoms with Gasteiger partial charge in [0.05, 0.1) is 23.6 Å². The molecule has 0 spiro atoms. The minimum absolute atomic E-state index is 0.0766. The summed E-state index contributed by atoms with van der Waals surface area (Å²) in [5, 5.41) is 4.96. The highest BCUT2D eigenvalue weighted by Crippen LogP contribution is 2.49. The first-order valence-electron chi connectivity index (χ1n) is 9.70. The van der Waals surface area contributed by atoms with Crippen molar-refractivity contribution >= 4 is 18.0 Å². The van der Waals surface area contributed by atoms with Crippen LogP contribution in [-0.2, 0) is 15.8 Å². The van der Waals surface area contributed by atoms with Crippen molar-refractivity contribution in [1.29, 1.82) is 0 Å². The van der Waals surface area contributed by atoms with Crippen molar-refractivity contribution in [1.82, 2.24) is 5.01 Å². The van der Waals surface area contributed by atoms with E-state index in [2.05, 4.69) is 5.10 Å². The van der Waals surface area contributed by atoms with Gasteiger partial charge in [0.25, 0.3) is 11.8 Å². The monoisotopic (exact) mass is 414 g/mol. The van der Waals surface area contributed by atoms with Crippen LogP contribution >= 0.6 is 0 Å². The summed E-state index contributed by atoms with van der Waals surface area (Å²) in [5.41, 5.74) is -0.503. The van der Waals surface area contributed by atoms with Gasteiger partial charge in [0.1, 0.15) is 11.5 Å². The van der Waals surface area contributed by atoms with E-state index in [0.717, 1.165) is 30.0 Å². The Morgan fingerprint density at radius 2 is 1.67 bits per heavy atom. The third-order valence-electron chi connectivity index (χ3n) is 6.14. The van der Waals surface area contributed by atoms with Crippen molar-refractivity contribution in [2.75, 3.05) is 0 Å². The van der Waals surface area contributed by atoms with Gasteiger partial charge in [0, 0.05) is 5.56 Å². The van der Waals surface area contributed by atoms with E-state index < -0.39 is 11.7 Å². The van der Waals surface area contributed by atoms with Gasteiger partial charge in [-0.25, -0.2) is 0 Å². The molecule has 5 nitrogen and oxygen atoms in total. The van der Waals surface area contributed by atoms with Crippen molar-refractivity contribution in [2.24, 2.45) is 28.8 Å². The average molecular weight is 414 g/mol. The highest BCUT2D eigenvalue weighted by molar-refractivity contribution is 6.06. The number of nitrogens with zero attached hydrogens (tertiary/aromatic N) is 2. The van der Waals surface area contributed by atoms with E-state index >= 15 is 0 Å². The SMILES string of the molecule is O=C1[C@H]2[C@H](C(=O)N1/N=C\c1ccc(-c3cccc(C(F)(F)F)c3)o1)[C@H]1C=C[C@H]2CC1. The number of benzene rings is 1. The number of hydrazone groups is 1. The molecular weight excluding hydrogens is 397 g/mol. The van der Waals surface area contributed by atoms with Crippen molar-refractivity contribution in [3.8, 4) is 11.3 Å². The fourth-order valence-electron chi connectivity index (χ4n) is 4.71. The standard InChI is InChI=1S/C22H17F3N2O3/c23-22(24,25)15-3-1-2-14(10-15)17-9-8-16(30-17)11-26-27-20(28)18-12-4-5-13(7-6-12)19(18)21(27)29/h1-5,8-13,18-19H,6-7H2/b26-11-/t12-,13-,18+,19+/m0/s1. The van der Waals surface area contributed by atoms with E-state index in [1.807, 2.05) is 12.2 Å². The van der Waals surface area contributed by atoms with Gasteiger partial charge in [0.2, 0.25) is 0 Å². The van der Waals surface area contributed by atoms with E-state index in [1.165, 1.54) is 30.5 Å². The molecule has 1 saturated heterocycles. The molecule has 2 fully saturated rings. The lowest BCUT2D eigenvalue weighted by molar-refractivity contribution is -0.140. The summed E-state index contributed by atoms with van der Waals surface area (Å²) in [4.78, 5) is 25.5. The molecule has 1 aromatic heterocycles. The first-order valence-corrected chi connectivity index (χ1v) is 9.70. The molecule has 1 aliphatic heterocycles. The van der Waals surface area contributed by atoms with Crippen LogP contribution in [0.25, 0.3) is 11.3 Å². The minimum Gasteiger partial charge on any atom is -0.455 e. The molecule has 4 atom stereocenters. The van der Waals surface area contributed by atoms with Crippen LogP contribution in [-0.4, -0.2) is 23.0 Å². The van der Waals surface area contributed by atoms with Crippen LogP contribution in [0.1, 0.15) is 24.2 Å². The number of imide groups is 1. The van der Waals surface area contributed by atoms with Gasteiger partial charge in [-0.1, -0.05) is 24.3 Å². The second kappa shape index (κ2) is 6.68. The van der Waals surface area contributed by atoms with Gasteiger partial charge in [-0.15, -0.1) is 0 Å². The summed E-state index contributed by atoms with van der Waals surface area (Å²) in [5.74, 6) is -0.682. The van der Waals surface area contributed by atoms with Crippen LogP contribution < -0.4 is 0 Å². The first kappa shape index (κ1) is 18.8. The summed E-state index contributed by atoms with van der Waals surface area (Å²) in [6.07, 6.45) is 2.66. The molecule has 0 unspecified atom stereocenters. The molecule has 1 saturated carbocycles. The fraction of sp³-hybridized carbons (Fsp3) is 0.318. The first-order chi connectivity index (χ1) is 14.3. The third-order valence-corrected chi connectivity index (χ3v) is 6.14. The maximum absolute atomic E-state index is 12.9. The lowest BCUT2D eigenvalue weighted by Gasteiger charge is -2.37. The smallest absolute Gasteiger partial charge is 0.416 e. The number of fused-ring (bicyclic) bond motifs is 1. The topological polar surface area (TPSA) is 62.9 Å². The minimum atomic E-state index is -4.45. The lowest BCUT2D eigenvalue weighted by Crippen LogP contribution is -2.38. The molecule has 0 N–H and O–H groups in total.